The normalized spacial score (nSPS) is 10.4. The van der Waals surface area contributed by atoms with Gasteiger partial charge in [-0.1, -0.05) is 48.5 Å². The first kappa shape index (κ1) is 18.4. The molecule has 2 N–H and O–H groups in total. The molecular formula is C22H18N4O3. The van der Waals surface area contributed by atoms with Crippen LogP contribution in [0.4, 0.5) is 11.6 Å². The summed E-state index contributed by atoms with van der Waals surface area (Å²) in [7, 11) is 0. The summed E-state index contributed by atoms with van der Waals surface area (Å²) in [6, 6.07) is 25.9. The average Bonchev–Trinajstić information content (AvgIpc) is 2.75. The number of hydrogen-bond donors (Lipinski definition) is 2. The number of aliphatic hydroxyl groups is 1. The van der Waals surface area contributed by atoms with Crippen molar-refractivity contribution in [2.75, 3.05) is 5.32 Å². The molecule has 0 bridgehead atoms. The molecule has 1 aromatic heterocycles. The minimum absolute atomic E-state index is 0.0581. The van der Waals surface area contributed by atoms with Gasteiger partial charge in [-0.15, -0.1) is 4.98 Å². The maximum atomic E-state index is 9.34. The highest BCUT2D eigenvalue weighted by Gasteiger charge is 2.11. The van der Waals surface area contributed by atoms with Gasteiger partial charge in [-0.25, -0.2) is 0 Å². The fourth-order valence-electron chi connectivity index (χ4n) is 2.55. The molecule has 4 rings (SSSR count). The van der Waals surface area contributed by atoms with Crippen LogP contribution < -0.4 is 14.8 Å². The van der Waals surface area contributed by atoms with Crippen molar-refractivity contribution >= 4 is 11.6 Å². The fraction of sp³-hybridized carbons (Fsp3) is 0.0455. The molecule has 0 radical (unpaired) electrons. The van der Waals surface area contributed by atoms with Crippen molar-refractivity contribution in [3.05, 3.63) is 90.5 Å². The average molecular weight is 386 g/mol. The summed E-state index contributed by atoms with van der Waals surface area (Å²) in [5.41, 5.74) is 1.49. The van der Waals surface area contributed by atoms with Gasteiger partial charge in [0.2, 0.25) is 5.95 Å². The summed E-state index contributed by atoms with van der Waals surface area (Å²) in [6.45, 7) is -0.0581. The zero-order valence-electron chi connectivity index (χ0n) is 15.4. The quantitative estimate of drug-likeness (QED) is 0.476. The van der Waals surface area contributed by atoms with E-state index in [0.29, 0.717) is 11.5 Å². The van der Waals surface area contributed by atoms with Crippen LogP contribution in [0, 0.1) is 0 Å². The minimum Gasteiger partial charge on any atom is -0.424 e. The van der Waals surface area contributed by atoms with Crippen LogP contribution in [-0.2, 0) is 6.61 Å². The van der Waals surface area contributed by atoms with Crippen molar-refractivity contribution in [2.45, 2.75) is 6.61 Å². The molecule has 0 aliphatic rings. The third-order valence-corrected chi connectivity index (χ3v) is 3.86. The number of aliphatic hydroxyl groups excluding tert-OH is 1. The van der Waals surface area contributed by atoms with E-state index in [9.17, 15) is 5.11 Å². The molecule has 7 nitrogen and oxygen atoms in total. The number of nitrogens with zero attached hydrogens (tertiary/aromatic N) is 3. The molecule has 0 aliphatic carbocycles. The predicted molar refractivity (Wildman–Crippen MR) is 109 cm³/mol. The number of rotatable bonds is 7. The molecule has 0 saturated heterocycles. The molecule has 29 heavy (non-hydrogen) atoms. The molecule has 1 heterocycles. The van der Waals surface area contributed by atoms with Gasteiger partial charge in [0.1, 0.15) is 11.5 Å². The van der Waals surface area contributed by atoms with Crippen LogP contribution in [-0.4, -0.2) is 20.1 Å². The van der Waals surface area contributed by atoms with E-state index >= 15 is 0 Å². The van der Waals surface area contributed by atoms with Gasteiger partial charge in [-0.2, -0.15) is 9.97 Å². The summed E-state index contributed by atoms with van der Waals surface area (Å²) >= 11 is 0. The number of aromatic nitrogens is 3. The summed E-state index contributed by atoms with van der Waals surface area (Å²) in [4.78, 5) is 12.9. The third kappa shape index (κ3) is 5.06. The van der Waals surface area contributed by atoms with Crippen LogP contribution >= 0.6 is 0 Å². The van der Waals surface area contributed by atoms with E-state index in [2.05, 4.69) is 20.3 Å². The van der Waals surface area contributed by atoms with E-state index in [1.165, 1.54) is 0 Å². The van der Waals surface area contributed by atoms with Crippen LogP contribution in [0.15, 0.2) is 84.9 Å². The van der Waals surface area contributed by atoms with E-state index in [4.69, 9.17) is 9.47 Å². The second-order valence-corrected chi connectivity index (χ2v) is 6.04. The van der Waals surface area contributed by atoms with E-state index in [1.54, 1.807) is 30.3 Å². The van der Waals surface area contributed by atoms with Gasteiger partial charge in [0, 0.05) is 5.69 Å². The van der Waals surface area contributed by atoms with Crippen LogP contribution in [0.3, 0.4) is 0 Å². The maximum absolute atomic E-state index is 9.34. The first-order chi connectivity index (χ1) is 14.3. The number of benzene rings is 3. The van der Waals surface area contributed by atoms with E-state index in [-0.39, 0.29) is 24.6 Å². The van der Waals surface area contributed by atoms with Crippen molar-refractivity contribution < 1.29 is 14.6 Å². The molecule has 4 aromatic rings. The highest BCUT2D eigenvalue weighted by Crippen LogP contribution is 2.25. The van der Waals surface area contributed by atoms with Crippen molar-refractivity contribution in [3.63, 3.8) is 0 Å². The number of para-hydroxylation sites is 2. The molecule has 144 valence electrons. The molecule has 0 fully saturated rings. The van der Waals surface area contributed by atoms with Crippen molar-refractivity contribution in [2.24, 2.45) is 0 Å². The number of anilines is 2. The van der Waals surface area contributed by atoms with Crippen LogP contribution in [0.5, 0.6) is 23.5 Å². The molecule has 0 unspecified atom stereocenters. The zero-order valence-corrected chi connectivity index (χ0v) is 15.4. The Hall–Kier alpha value is -3.97. The number of ether oxygens (including phenoxy) is 2. The second-order valence-electron chi connectivity index (χ2n) is 6.04. The Morgan fingerprint density at radius 1 is 0.690 bits per heavy atom. The lowest BCUT2D eigenvalue weighted by Crippen LogP contribution is -2.04. The SMILES string of the molecule is OCc1cccc(Nc2nc(Oc3ccccc3)nc(Oc3ccccc3)n2)c1. The van der Waals surface area contributed by atoms with Crippen molar-refractivity contribution in [1.29, 1.82) is 0 Å². The van der Waals surface area contributed by atoms with Crippen molar-refractivity contribution in [1.82, 2.24) is 15.0 Å². The highest BCUT2D eigenvalue weighted by molar-refractivity contribution is 5.54. The minimum atomic E-state index is -0.0581. The molecule has 3 aromatic carbocycles. The molecular weight excluding hydrogens is 368 g/mol. The van der Waals surface area contributed by atoms with Gasteiger partial charge in [0.05, 0.1) is 6.61 Å². The summed E-state index contributed by atoms with van der Waals surface area (Å²) in [5.74, 6) is 1.45. The largest absolute Gasteiger partial charge is 0.424 e. The highest BCUT2D eigenvalue weighted by atomic mass is 16.5. The Morgan fingerprint density at radius 3 is 1.83 bits per heavy atom. The van der Waals surface area contributed by atoms with E-state index < -0.39 is 0 Å². The second kappa shape index (κ2) is 8.81. The first-order valence-electron chi connectivity index (χ1n) is 8.97. The smallest absolute Gasteiger partial charge is 0.330 e. The third-order valence-electron chi connectivity index (χ3n) is 3.86. The Labute approximate surface area is 167 Å². The topological polar surface area (TPSA) is 89.4 Å². The van der Waals surface area contributed by atoms with Gasteiger partial charge in [0.25, 0.3) is 0 Å². The lowest BCUT2D eigenvalue weighted by molar-refractivity contribution is 0.282. The lowest BCUT2D eigenvalue weighted by atomic mass is 10.2. The standard InChI is InChI=1S/C22H18N4O3/c27-15-16-8-7-9-17(14-16)23-20-24-21(28-18-10-3-1-4-11-18)26-22(25-20)29-19-12-5-2-6-13-19/h1-14,27H,15H2,(H,23,24,25,26). The lowest BCUT2D eigenvalue weighted by Gasteiger charge is -2.10. The van der Waals surface area contributed by atoms with Gasteiger partial charge in [0.15, 0.2) is 0 Å². The molecule has 0 spiro atoms. The van der Waals surface area contributed by atoms with E-state index in [0.717, 1.165) is 11.3 Å². The van der Waals surface area contributed by atoms with Crippen LogP contribution in [0.1, 0.15) is 5.56 Å². The van der Waals surface area contributed by atoms with Crippen molar-refractivity contribution in [3.8, 4) is 23.5 Å². The van der Waals surface area contributed by atoms with Gasteiger partial charge in [-0.3, -0.25) is 0 Å². The molecule has 0 aliphatic heterocycles. The van der Waals surface area contributed by atoms with Crippen LogP contribution in [0.25, 0.3) is 0 Å². The van der Waals surface area contributed by atoms with Crippen LogP contribution in [0.2, 0.25) is 0 Å². The molecule has 7 heteroatoms. The predicted octanol–water partition coefficient (Wildman–Crippen LogP) is 4.69. The summed E-state index contributed by atoms with van der Waals surface area (Å²) in [6.07, 6.45) is 0. The molecule has 0 atom stereocenters. The summed E-state index contributed by atoms with van der Waals surface area (Å²) < 4.78 is 11.5. The monoisotopic (exact) mass is 386 g/mol. The Balaban J connectivity index is 1.65. The van der Waals surface area contributed by atoms with Gasteiger partial charge >= 0.3 is 12.0 Å². The summed E-state index contributed by atoms with van der Waals surface area (Å²) in [5, 5.41) is 12.4. The van der Waals surface area contributed by atoms with Gasteiger partial charge in [-0.05, 0) is 42.0 Å². The van der Waals surface area contributed by atoms with Gasteiger partial charge < -0.3 is 19.9 Å². The Bertz CT molecular complexity index is 1020. The maximum Gasteiger partial charge on any atom is 0.330 e. The molecule has 0 saturated carbocycles. The molecule has 0 amide bonds. The number of nitrogens with one attached hydrogen (secondary N) is 1. The number of hydrogen-bond acceptors (Lipinski definition) is 7. The Kier molecular flexibility index (Phi) is 5.59. The van der Waals surface area contributed by atoms with E-state index in [1.807, 2.05) is 54.6 Å². The Morgan fingerprint density at radius 2 is 1.28 bits per heavy atom. The fourth-order valence-corrected chi connectivity index (χ4v) is 2.55. The first-order valence-corrected chi connectivity index (χ1v) is 8.97. The zero-order chi connectivity index (χ0) is 19.9.